The van der Waals surface area contributed by atoms with Crippen molar-refractivity contribution in [3.8, 4) is 11.1 Å². The summed E-state index contributed by atoms with van der Waals surface area (Å²) in [5.41, 5.74) is 2.11. The SMILES string of the molecule is C[C@H](NC(=O)CCCNc1ccccn1)C(=O)NC(CC(=O)OC(=O)C(F)(F)F)c1ccc(-c2ccccc2)cc1. The molecule has 12 heteroatoms. The predicted molar refractivity (Wildman–Crippen MR) is 144 cm³/mol. The molecule has 2 atom stereocenters. The standard InChI is InChI=1S/C29H29F3N4O5/c1-19(35-25(37)11-7-17-34-24-10-5-6-16-33-24)27(39)36-23(18-26(38)41-28(40)29(30,31)32)22-14-12-21(13-15-22)20-8-3-2-4-9-20/h2-6,8-10,12-16,19,23H,7,11,17-18H2,1H3,(H,33,34)(H,35,37)(H,36,39)/t19-,23?/m0/s1. The Morgan fingerprint density at radius 3 is 2.17 bits per heavy atom. The first kappa shape index (κ1) is 30.8. The van der Waals surface area contributed by atoms with E-state index in [1.807, 2.05) is 36.4 Å². The van der Waals surface area contributed by atoms with Gasteiger partial charge in [-0.25, -0.2) is 9.78 Å². The van der Waals surface area contributed by atoms with Crippen LogP contribution in [0.4, 0.5) is 19.0 Å². The fourth-order valence-electron chi connectivity index (χ4n) is 3.77. The number of hydrogen-bond acceptors (Lipinski definition) is 7. The number of carbonyl (C=O) groups is 4. The second kappa shape index (κ2) is 14.6. The van der Waals surface area contributed by atoms with Crippen LogP contribution in [0.25, 0.3) is 11.1 Å². The van der Waals surface area contributed by atoms with Crippen molar-refractivity contribution in [1.82, 2.24) is 15.6 Å². The number of benzene rings is 2. The Morgan fingerprint density at radius 1 is 0.878 bits per heavy atom. The fourth-order valence-corrected chi connectivity index (χ4v) is 3.77. The van der Waals surface area contributed by atoms with E-state index in [-0.39, 0.29) is 6.42 Å². The van der Waals surface area contributed by atoms with E-state index < -0.39 is 48.4 Å². The summed E-state index contributed by atoms with van der Waals surface area (Å²) in [7, 11) is 0. The van der Waals surface area contributed by atoms with Gasteiger partial charge in [0.1, 0.15) is 11.9 Å². The molecule has 0 bridgehead atoms. The topological polar surface area (TPSA) is 126 Å². The maximum Gasteiger partial charge on any atom is 0.491 e. The molecule has 1 aromatic heterocycles. The van der Waals surface area contributed by atoms with Crippen molar-refractivity contribution in [2.24, 2.45) is 0 Å². The number of esters is 2. The quantitative estimate of drug-likeness (QED) is 0.168. The van der Waals surface area contributed by atoms with Crippen LogP contribution in [0.3, 0.4) is 0 Å². The van der Waals surface area contributed by atoms with Crippen LogP contribution in [0.5, 0.6) is 0 Å². The van der Waals surface area contributed by atoms with E-state index in [2.05, 4.69) is 25.7 Å². The lowest BCUT2D eigenvalue weighted by atomic mass is 9.99. The number of nitrogens with one attached hydrogen (secondary N) is 3. The van der Waals surface area contributed by atoms with Gasteiger partial charge in [0.05, 0.1) is 12.5 Å². The van der Waals surface area contributed by atoms with Crippen molar-refractivity contribution in [2.45, 2.75) is 44.4 Å². The van der Waals surface area contributed by atoms with Crippen molar-refractivity contribution in [2.75, 3.05) is 11.9 Å². The van der Waals surface area contributed by atoms with E-state index >= 15 is 0 Å². The highest BCUT2D eigenvalue weighted by Crippen LogP contribution is 2.25. The molecule has 2 aromatic carbocycles. The van der Waals surface area contributed by atoms with E-state index in [4.69, 9.17) is 0 Å². The number of ether oxygens (including phenoxy) is 1. The average molecular weight is 571 g/mol. The van der Waals surface area contributed by atoms with Crippen LogP contribution in [-0.4, -0.2) is 47.5 Å². The summed E-state index contributed by atoms with van der Waals surface area (Å²) in [4.78, 5) is 52.6. The normalized spacial score (nSPS) is 12.5. The first-order chi connectivity index (χ1) is 19.5. The Labute approximate surface area is 234 Å². The van der Waals surface area contributed by atoms with Crippen LogP contribution in [0.1, 0.15) is 37.8 Å². The number of hydrogen-bond donors (Lipinski definition) is 3. The number of rotatable bonds is 12. The summed E-state index contributed by atoms with van der Waals surface area (Å²) >= 11 is 0. The molecule has 0 saturated heterocycles. The van der Waals surface area contributed by atoms with E-state index in [1.54, 1.807) is 42.6 Å². The van der Waals surface area contributed by atoms with Crippen LogP contribution in [-0.2, 0) is 23.9 Å². The van der Waals surface area contributed by atoms with Crippen molar-refractivity contribution in [3.63, 3.8) is 0 Å². The van der Waals surface area contributed by atoms with Crippen LogP contribution >= 0.6 is 0 Å². The predicted octanol–water partition coefficient (Wildman–Crippen LogP) is 4.33. The van der Waals surface area contributed by atoms with E-state index in [0.29, 0.717) is 24.3 Å². The van der Waals surface area contributed by atoms with Gasteiger partial charge in [-0.3, -0.25) is 14.4 Å². The van der Waals surface area contributed by atoms with Crippen molar-refractivity contribution < 1.29 is 37.1 Å². The summed E-state index contributed by atoms with van der Waals surface area (Å²) < 4.78 is 41.6. The first-order valence-electron chi connectivity index (χ1n) is 12.7. The minimum atomic E-state index is -5.35. The fraction of sp³-hybridized carbons (Fsp3) is 0.276. The number of carbonyl (C=O) groups excluding carboxylic acids is 4. The second-order valence-corrected chi connectivity index (χ2v) is 9.05. The van der Waals surface area contributed by atoms with Gasteiger partial charge >= 0.3 is 18.1 Å². The molecule has 9 nitrogen and oxygen atoms in total. The molecule has 41 heavy (non-hydrogen) atoms. The summed E-state index contributed by atoms with van der Waals surface area (Å²) in [6.45, 7) is 1.91. The molecule has 0 aliphatic rings. The number of amides is 2. The van der Waals surface area contributed by atoms with Gasteiger partial charge in [-0.1, -0.05) is 60.7 Å². The molecule has 0 fully saturated rings. The van der Waals surface area contributed by atoms with Gasteiger partial charge in [0, 0.05) is 19.2 Å². The minimum absolute atomic E-state index is 0.119. The molecule has 1 unspecified atom stereocenters. The summed E-state index contributed by atoms with van der Waals surface area (Å²) in [5, 5.41) is 8.19. The Hall–Kier alpha value is -4.74. The number of nitrogens with zero attached hydrogens (tertiary/aromatic N) is 1. The number of halogens is 3. The highest BCUT2D eigenvalue weighted by Gasteiger charge is 2.42. The largest absolute Gasteiger partial charge is 0.491 e. The summed E-state index contributed by atoms with van der Waals surface area (Å²) in [5.74, 6) is -4.53. The molecule has 1 heterocycles. The minimum Gasteiger partial charge on any atom is -0.386 e. The third-order valence-corrected chi connectivity index (χ3v) is 5.87. The van der Waals surface area contributed by atoms with Gasteiger partial charge in [-0.15, -0.1) is 0 Å². The van der Waals surface area contributed by atoms with Gasteiger partial charge in [-0.05, 0) is 42.2 Å². The van der Waals surface area contributed by atoms with Gasteiger partial charge in [0.15, 0.2) is 0 Å². The Kier molecular flexibility index (Phi) is 11.0. The zero-order valence-electron chi connectivity index (χ0n) is 22.1. The molecule has 0 saturated carbocycles. The zero-order chi connectivity index (χ0) is 29.8. The summed E-state index contributed by atoms with van der Waals surface area (Å²) in [6.07, 6.45) is -3.89. The molecule has 0 aliphatic carbocycles. The van der Waals surface area contributed by atoms with E-state index in [1.165, 1.54) is 6.92 Å². The third-order valence-electron chi connectivity index (χ3n) is 5.87. The summed E-state index contributed by atoms with van der Waals surface area (Å²) in [6, 6.07) is 19.2. The molecule has 0 aliphatic heterocycles. The highest BCUT2D eigenvalue weighted by atomic mass is 19.4. The van der Waals surface area contributed by atoms with E-state index in [9.17, 15) is 32.3 Å². The van der Waals surface area contributed by atoms with Gasteiger partial charge in [0.2, 0.25) is 11.8 Å². The number of pyridine rings is 1. The lowest BCUT2D eigenvalue weighted by molar-refractivity contribution is -0.202. The number of anilines is 1. The van der Waals surface area contributed by atoms with Gasteiger partial charge in [0.25, 0.3) is 0 Å². The lowest BCUT2D eigenvalue weighted by Crippen LogP contribution is -2.46. The maximum atomic E-state index is 12.9. The first-order valence-corrected chi connectivity index (χ1v) is 12.7. The van der Waals surface area contributed by atoms with Gasteiger partial charge < -0.3 is 20.7 Å². The highest BCUT2D eigenvalue weighted by molar-refractivity contribution is 5.90. The lowest BCUT2D eigenvalue weighted by Gasteiger charge is -2.22. The molecule has 3 rings (SSSR count). The van der Waals surface area contributed by atoms with Crippen molar-refractivity contribution >= 4 is 29.6 Å². The zero-order valence-corrected chi connectivity index (χ0v) is 22.1. The van der Waals surface area contributed by atoms with Crippen molar-refractivity contribution in [3.05, 3.63) is 84.6 Å². The number of alkyl halides is 3. The monoisotopic (exact) mass is 570 g/mol. The van der Waals surface area contributed by atoms with Crippen LogP contribution in [0.2, 0.25) is 0 Å². The van der Waals surface area contributed by atoms with Gasteiger partial charge in [-0.2, -0.15) is 13.2 Å². The molecule has 2 amide bonds. The van der Waals surface area contributed by atoms with Crippen LogP contribution in [0, 0.1) is 0 Å². The Morgan fingerprint density at radius 2 is 1.54 bits per heavy atom. The molecule has 216 valence electrons. The maximum absolute atomic E-state index is 12.9. The Balaban J connectivity index is 1.62. The molecule has 0 spiro atoms. The Bertz CT molecular complexity index is 1320. The smallest absolute Gasteiger partial charge is 0.386 e. The average Bonchev–Trinajstić information content (AvgIpc) is 2.95. The molecule has 3 N–H and O–H groups in total. The van der Waals surface area contributed by atoms with E-state index in [0.717, 1.165) is 11.1 Å². The molecular formula is C29H29F3N4O5. The third kappa shape index (κ3) is 10.1. The van der Waals surface area contributed by atoms with Crippen LogP contribution < -0.4 is 16.0 Å². The van der Waals surface area contributed by atoms with Crippen molar-refractivity contribution in [1.29, 1.82) is 0 Å². The number of aromatic nitrogens is 1. The van der Waals surface area contributed by atoms with Crippen LogP contribution in [0.15, 0.2) is 79.0 Å². The molecule has 0 radical (unpaired) electrons. The second-order valence-electron chi connectivity index (χ2n) is 9.05. The molecular weight excluding hydrogens is 541 g/mol. The molecule has 3 aromatic rings.